The number of carbonyl (C=O) groups is 1. The molecule has 26 heavy (non-hydrogen) atoms. The summed E-state index contributed by atoms with van der Waals surface area (Å²) in [6, 6.07) is 9.87. The van der Waals surface area contributed by atoms with Gasteiger partial charge < -0.3 is 5.32 Å². The van der Waals surface area contributed by atoms with Crippen LogP contribution >= 0.6 is 0 Å². The molecule has 1 aromatic carbocycles. The van der Waals surface area contributed by atoms with Crippen LogP contribution in [0.3, 0.4) is 0 Å². The van der Waals surface area contributed by atoms with Gasteiger partial charge in [-0.05, 0) is 49.7 Å². The SMILES string of the molecule is O=C(Cc1ccc(C=C2CCN(C3CCC3)CC2)cc1)NC1CCCC1. The van der Waals surface area contributed by atoms with Gasteiger partial charge in [-0.1, -0.05) is 55.2 Å². The smallest absolute Gasteiger partial charge is 0.224 e. The Bertz CT molecular complexity index is 629. The van der Waals surface area contributed by atoms with Crippen LogP contribution in [0.2, 0.25) is 0 Å². The Balaban J connectivity index is 1.26. The number of amides is 1. The number of rotatable bonds is 5. The van der Waals surface area contributed by atoms with E-state index >= 15 is 0 Å². The first kappa shape index (κ1) is 17.8. The highest BCUT2D eigenvalue weighted by Gasteiger charge is 2.26. The summed E-state index contributed by atoms with van der Waals surface area (Å²) in [7, 11) is 0. The average Bonchev–Trinajstić information content (AvgIpc) is 3.10. The molecule has 140 valence electrons. The lowest BCUT2D eigenvalue weighted by Crippen LogP contribution is -2.43. The van der Waals surface area contributed by atoms with E-state index in [1.54, 1.807) is 5.57 Å². The molecule has 0 radical (unpaired) electrons. The Morgan fingerprint density at radius 3 is 2.31 bits per heavy atom. The lowest BCUT2D eigenvalue weighted by atomic mass is 9.89. The van der Waals surface area contributed by atoms with Crippen molar-refractivity contribution in [2.45, 2.75) is 76.3 Å². The van der Waals surface area contributed by atoms with Gasteiger partial charge in [-0.15, -0.1) is 0 Å². The fourth-order valence-electron chi connectivity index (χ4n) is 4.57. The number of likely N-dealkylation sites (tertiary alicyclic amines) is 1. The maximum absolute atomic E-state index is 12.2. The molecule has 1 aromatic rings. The van der Waals surface area contributed by atoms with Crippen LogP contribution in [0.15, 0.2) is 29.8 Å². The Labute approximate surface area is 157 Å². The number of hydrogen-bond acceptors (Lipinski definition) is 2. The molecular formula is C23H32N2O. The van der Waals surface area contributed by atoms with Gasteiger partial charge in [-0.2, -0.15) is 0 Å². The molecule has 0 atom stereocenters. The van der Waals surface area contributed by atoms with Crippen LogP contribution in [-0.4, -0.2) is 36.0 Å². The van der Waals surface area contributed by atoms with Crippen molar-refractivity contribution in [2.24, 2.45) is 0 Å². The van der Waals surface area contributed by atoms with Crippen molar-refractivity contribution in [3.05, 3.63) is 41.0 Å². The van der Waals surface area contributed by atoms with Crippen LogP contribution in [-0.2, 0) is 11.2 Å². The molecule has 3 heteroatoms. The summed E-state index contributed by atoms with van der Waals surface area (Å²) in [6.07, 6.45) is 14.3. The highest BCUT2D eigenvalue weighted by Crippen LogP contribution is 2.29. The van der Waals surface area contributed by atoms with Crippen molar-refractivity contribution in [1.29, 1.82) is 0 Å². The molecule has 4 rings (SSSR count). The number of nitrogens with one attached hydrogen (secondary N) is 1. The largest absolute Gasteiger partial charge is 0.353 e. The third kappa shape index (κ3) is 4.56. The first-order valence-electron chi connectivity index (χ1n) is 10.6. The van der Waals surface area contributed by atoms with Crippen molar-refractivity contribution in [2.75, 3.05) is 13.1 Å². The topological polar surface area (TPSA) is 32.3 Å². The Morgan fingerprint density at radius 1 is 1.00 bits per heavy atom. The molecule has 1 amide bonds. The summed E-state index contributed by atoms with van der Waals surface area (Å²) in [5.41, 5.74) is 3.96. The van der Waals surface area contributed by atoms with Crippen molar-refractivity contribution < 1.29 is 4.79 Å². The zero-order chi connectivity index (χ0) is 17.8. The maximum atomic E-state index is 12.2. The summed E-state index contributed by atoms with van der Waals surface area (Å²) in [5, 5.41) is 3.17. The van der Waals surface area contributed by atoms with Crippen LogP contribution in [0.1, 0.15) is 68.9 Å². The number of nitrogens with zero attached hydrogens (tertiary/aromatic N) is 1. The highest BCUT2D eigenvalue weighted by molar-refractivity contribution is 5.79. The Kier molecular flexibility index (Phi) is 5.74. The molecule has 3 nitrogen and oxygen atoms in total. The summed E-state index contributed by atoms with van der Waals surface area (Å²) in [4.78, 5) is 14.8. The van der Waals surface area contributed by atoms with Crippen LogP contribution in [0.5, 0.6) is 0 Å². The first-order valence-corrected chi connectivity index (χ1v) is 10.6. The van der Waals surface area contributed by atoms with Crippen LogP contribution < -0.4 is 5.32 Å². The molecule has 2 aliphatic carbocycles. The molecule has 0 bridgehead atoms. The van der Waals surface area contributed by atoms with Gasteiger partial charge in [0.1, 0.15) is 0 Å². The van der Waals surface area contributed by atoms with E-state index in [0.717, 1.165) is 24.4 Å². The lowest BCUT2D eigenvalue weighted by molar-refractivity contribution is -0.121. The number of benzene rings is 1. The monoisotopic (exact) mass is 352 g/mol. The first-order chi connectivity index (χ1) is 12.8. The minimum absolute atomic E-state index is 0.173. The molecule has 1 N–H and O–H groups in total. The van der Waals surface area contributed by atoms with Crippen molar-refractivity contribution in [3.63, 3.8) is 0 Å². The zero-order valence-electron chi connectivity index (χ0n) is 15.9. The van der Waals surface area contributed by atoms with Gasteiger partial charge in [0.25, 0.3) is 0 Å². The Hall–Kier alpha value is -1.61. The van der Waals surface area contributed by atoms with Gasteiger partial charge in [0.2, 0.25) is 5.91 Å². The summed E-state index contributed by atoms with van der Waals surface area (Å²) in [5.74, 6) is 0.173. The van der Waals surface area contributed by atoms with E-state index in [4.69, 9.17) is 0 Å². The second-order valence-electron chi connectivity index (χ2n) is 8.39. The van der Waals surface area contributed by atoms with E-state index in [0.29, 0.717) is 12.5 Å². The highest BCUT2D eigenvalue weighted by atomic mass is 16.1. The van der Waals surface area contributed by atoms with E-state index in [2.05, 4.69) is 40.6 Å². The van der Waals surface area contributed by atoms with E-state index in [1.807, 2.05) is 0 Å². The number of piperidine rings is 1. The fraction of sp³-hybridized carbons (Fsp3) is 0.609. The quantitative estimate of drug-likeness (QED) is 0.856. The van der Waals surface area contributed by atoms with E-state index in [9.17, 15) is 4.79 Å². The molecule has 3 aliphatic rings. The van der Waals surface area contributed by atoms with Gasteiger partial charge in [-0.3, -0.25) is 9.69 Å². The summed E-state index contributed by atoms with van der Waals surface area (Å²) < 4.78 is 0. The average molecular weight is 353 g/mol. The van der Waals surface area contributed by atoms with Crippen LogP contribution in [0.4, 0.5) is 0 Å². The predicted molar refractivity (Wildman–Crippen MR) is 107 cm³/mol. The van der Waals surface area contributed by atoms with Gasteiger partial charge in [0.15, 0.2) is 0 Å². The molecule has 2 saturated carbocycles. The minimum Gasteiger partial charge on any atom is -0.353 e. The lowest BCUT2D eigenvalue weighted by Gasteiger charge is -2.40. The standard InChI is InChI=1S/C23H32N2O/c26-23(24-21-4-1-2-5-21)17-19-10-8-18(9-11-19)16-20-12-14-25(15-13-20)22-6-3-7-22/h8-11,16,21-22H,1-7,12-15,17H2,(H,24,26). The second kappa shape index (κ2) is 8.39. The van der Waals surface area contributed by atoms with Gasteiger partial charge in [-0.25, -0.2) is 0 Å². The summed E-state index contributed by atoms with van der Waals surface area (Å²) >= 11 is 0. The van der Waals surface area contributed by atoms with Crippen molar-refractivity contribution in [1.82, 2.24) is 10.2 Å². The molecule has 3 fully saturated rings. The molecule has 0 aromatic heterocycles. The molecule has 0 spiro atoms. The zero-order valence-corrected chi connectivity index (χ0v) is 15.9. The van der Waals surface area contributed by atoms with E-state index < -0.39 is 0 Å². The molecule has 1 aliphatic heterocycles. The fourth-order valence-corrected chi connectivity index (χ4v) is 4.57. The molecule has 1 heterocycles. The van der Waals surface area contributed by atoms with E-state index in [1.165, 1.54) is 63.6 Å². The second-order valence-corrected chi connectivity index (χ2v) is 8.39. The summed E-state index contributed by atoms with van der Waals surface area (Å²) in [6.45, 7) is 2.46. The number of carbonyl (C=O) groups excluding carboxylic acids is 1. The third-order valence-electron chi connectivity index (χ3n) is 6.47. The normalized spacial score (nSPS) is 22.2. The maximum Gasteiger partial charge on any atom is 0.224 e. The molecular weight excluding hydrogens is 320 g/mol. The van der Waals surface area contributed by atoms with Gasteiger partial charge in [0.05, 0.1) is 6.42 Å². The van der Waals surface area contributed by atoms with Crippen LogP contribution in [0, 0.1) is 0 Å². The van der Waals surface area contributed by atoms with Crippen molar-refractivity contribution in [3.8, 4) is 0 Å². The predicted octanol–water partition coefficient (Wildman–Crippen LogP) is 4.32. The third-order valence-corrected chi connectivity index (χ3v) is 6.47. The van der Waals surface area contributed by atoms with Crippen LogP contribution in [0.25, 0.3) is 6.08 Å². The van der Waals surface area contributed by atoms with Gasteiger partial charge in [0, 0.05) is 25.2 Å². The van der Waals surface area contributed by atoms with E-state index in [-0.39, 0.29) is 5.91 Å². The van der Waals surface area contributed by atoms with Gasteiger partial charge >= 0.3 is 0 Å². The molecule has 1 saturated heterocycles. The minimum atomic E-state index is 0.173. The Morgan fingerprint density at radius 2 is 1.69 bits per heavy atom. The number of hydrogen-bond donors (Lipinski definition) is 1. The van der Waals surface area contributed by atoms with Crippen molar-refractivity contribution >= 4 is 12.0 Å². The molecule has 0 unspecified atom stereocenters.